The van der Waals surface area contributed by atoms with Crippen LogP contribution in [-0.2, 0) is 16.8 Å². The van der Waals surface area contributed by atoms with Gasteiger partial charge in [-0.25, -0.2) is 9.78 Å². The number of ketones is 1. The Hall–Kier alpha value is -3.26. The van der Waals surface area contributed by atoms with Gasteiger partial charge >= 0.3 is 6.03 Å². The van der Waals surface area contributed by atoms with Crippen molar-refractivity contribution in [3.05, 3.63) is 65.5 Å². The molecule has 0 unspecified atom stereocenters. The highest BCUT2D eigenvalue weighted by molar-refractivity contribution is 5.92. The molecule has 5 rings (SSSR count). The smallest absolute Gasteiger partial charge is 0.321 e. The van der Waals surface area contributed by atoms with Crippen LogP contribution in [0.25, 0.3) is 0 Å². The molecule has 2 aromatic rings. The summed E-state index contributed by atoms with van der Waals surface area (Å²) in [5.41, 5.74) is 1.88. The molecule has 1 saturated heterocycles. The number of rotatable bonds is 9. The number of aromatic nitrogens is 1. The van der Waals surface area contributed by atoms with Crippen molar-refractivity contribution in [2.75, 3.05) is 40.8 Å². The normalized spacial score (nSPS) is 25.3. The predicted molar refractivity (Wildman–Crippen MR) is 150 cm³/mol. The number of hydrogen-bond acceptors (Lipinski definition) is 5. The van der Waals surface area contributed by atoms with Crippen molar-refractivity contribution in [3.8, 4) is 0 Å². The Morgan fingerprint density at radius 2 is 1.74 bits per heavy atom. The minimum Gasteiger partial charge on any atom is -0.354 e. The average Bonchev–Trinajstić information content (AvgIpc) is 3.16. The summed E-state index contributed by atoms with van der Waals surface area (Å²) >= 11 is 0. The molecule has 3 amide bonds. The highest BCUT2D eigenvalue weighted by Crippen LogP contribution is 2.49. The van der Waals surface area contributed by atoms with E-state index in [1.54, 1.807) is 30.1 Å². The molecule has 1 aromatic carbocycles. The Morgan fingerprint density at radius 1 is 1.03 bits per heavy atom. The summed E-state index contributed by atoms with van der Waals surface area (Å²) in [4.78, 5) is 49.5. The van der Waals surface area contributed by atoms with E-state index in [0.29, 0.717) is 18.2 Å². The highest BCUT2D eigenvalue weighted by Gasteiger charge is 2.55. The van der Waals surface area contributed by atoms with Gasteiger partial charge in [-0.2, -0.15) is 0 Å². The van der Waals surface area contributed by atoms with Crippen LogP contribution in [0.15, 0.2) is 48.5 Å². The van der Waals surface area contributed by atoms with Crippen LogP contribution in [0.3, 0.4) is 0 Å². The lowest BCUT2D eigenvalue weighted by Gasteiger charge is -2.51. The monoisotopic (exact) mass is 531 g/mol. The summed E-state index contributed by atoms with van der Waals surface area (Å²) in [5, 5.41) is 2.56. The number of hydrogen-bond donors (Lipinski definition) is 1. The van der Waals surface area contributed by atoms with Crippen molar-refractivity contribution in [2.24, 2.45) is 5.92 Å². The number of nitrogens with one attached hydrogen (secondary N) is 1. The van der Waals surface area contributed by atoms with E-state index >= 15 is 0 Å². The van der Waals surface area contributed by atoms with Crippen LogP contribution < -0.4 is 5.32 Å². The summed E-state index contributed by atoms with van der Waals surface area (Å²) in [6, 6.07) is 15.9. The molecule has 1 aliphatic heterocycles. The van der Waals surface area contributed by atoms with E-state index in [0.717, 1.165) is 32.2 Å². The van der Waals surface area contributed by atoms with Crippen molar-refractivity contribution in [2.45, 2.75) is 62.4 Å². The zero-order valence-corrected chi connectivity index (χ0v) is 23.5. The number of carbonyl (C=O) groups excluding carboxylic acids is 3. The van der Waals surface area contributed by atoms with Gasteiger partial charge in [-0.1, -0.05) is 42.8 Å². The molecule has 0 bridgehead atoms. The number of carbonyl (C=O) groups is 3. The molecule has 1 aromatic heterocycles. The molecule has 1 N–H and O–H groups in total. The second-order valence-corrected chi connectivity index (χ2v) is 11.9. The molecule has 3 aliphatic rings. The maximum absolute atomic E-state index is 13.8. The molecular weight excluding hydrogens is 490 g/mol. The Kier molecular flexibility index (Phi) is 7.76. The van der Waals surface area contributed by atoms with E-state index < -0.39 is 0 Å². The van der Waals surface area contributed by atoms with Crippen LogP contribution in [-0.4, -0.2) is 83.7 Å². The molecule has 2 aliphatic carbocycles. The van der Waals surface area contributed by atoms with Gasteiger partial charge in [0.25, 0.3) is 5.91 Å². The van der Waals surface area contributed by atoms with E-state index in [1.807, 2.05) is 0 Å². The molecule has 1 spiro atoms. The van der Waals surface area contributed by atoms with Gasteiger partial charge in [-0.15, -0.1) is 0 Å². The number of amides is 3. The topological polar surface area (TPSA) is 85.9 Å². The molecule has 0 atom stereocenters. The second kappa shape index (κ2) is 11.1. The predicted octanol–water partition coefficient (Wildman–Crippen LogP) is 3.86. The summed E-state index contributed by atoms with van der Waals surface area (Å²) in [7, 11) is 5.88. The molecule has 0 radical (unpaired) electrons. The van der Waals surface area contributed by atoms with Crippen LogP contribution in [0.2, 0.25) is 0 Å². The Bertz CT molecular complexity index is 1200. The molecule has 8 nitrogen and oxygen atoms in total. The van der Waals surface area contributed by atoms with E-state index in [1.165, 1.54) is 24.8 Å². The van der Waals surface area contributed by atoms with Crippen LogP contribution in [0.1, 0.15) is 66.7 Å². The largest absolute Gasteiger partial charge is 0.354 e. The lowest BCUT2D eigenvalue weighted by molar-refractivity contribution is -0.119. The first-order chi connectivity index (χ1) is 18.8. The van der Waals surface area contributed by atoms with Crippen molar-refractivity contribution < 1.29 is 14.4 Å². The number of benzene rings is 1. The Balaban J connectivity index is 1.32. The summed E-state index contributed by atoms with van der Waals surface area (Å²) in [6.45, 7) is 1.46. The van der Waals surface area contributed by atoms with Crippen LogP contribution >= 0.6 is 0 Å². The number of Topliss-reactive ketones (excluding diaryl/α,β-unsaturated/α-hetero) is 1. The van der Waals surface area contributed by atoms with Crippen LogP contribution in [0, 0.1) is 5.92 Å². The van der Waals surface area contributed by atoms with Crippen molar-refractivity contribution in [1.29, 1.82) is 0 Å². The first kappa shape index (κ1) is 27.3. The second-order valence-electron chi connectivity index (χ2n) is 11.9. The summed E-state index contributed by atoms with van der Waals surface area (Å²) in [5.74, 6) is 0.218. The SMILES string of the molecule is CNC(=O)c1cccc(CC(=O)CN2CC3(CCC(c4ccccc4)(N(C)C)CC3)N(CC3CCC3)C2=O)n1. The average molecular weight is 532 g/mol. The van der Waals surface area contributed by atoms with Gasteiger partial charge in [0.15, 0.2) is 5.78 Å². The number of nitrogens with zero attached hydrogens (tertiary/aromatic N) is 4. The van der Waals surface area contributed by atoms with E-state index in [-0.39, 0.29) is 47.5 Å². The molecule has 39 heavy (non-hydrogen) atoms. The molecule has 208 valence electrons. The molecule has 2 heterocycles. The lowest BCUT2D eigenvalue weighted by Crippen LogP contribution is -2.56. The third-order valence-electron chi connectivity index (χ3n) is 9.41. The molecule has 3 fully saturated rings. The quantitative estimate of drug-likeness (QED) is 0.531. The third-order valence-corrected chi connectivity index (χ3v) is 9.41. The zero-order valence-electron chi connectivity index (χ0n) is 23.5. The van der Waals surface area contributed by atoms with Crippen LogP contribution in [0.4, 0.5) is 4.79 Å². The fraction of sp³-hybridized carbons (Fsp3) is 0.548. The molecule has 2 saturated carbocycles. The maximum Gasteiger partial charge on any atom is 0.321 e. The van der Waals surface area contributed by atoms with Gasteiger partial charge in [-0.05, 0) is 76.2 Å². The zero-order chi connectivity index (χ0) is 27.6. The maximum atomic E-state index is 13.8. The highest BCUT2D eigenvalue weighted by atomic mass is 16.2. The minimum atomic E-state index is -0.283. The van der Waals surface area contributed by atoms with E-state index in [9.17, 15) is 14.4 Å². The van der Waals surface area contributed by atoms with Crippen LogP contribution in [0.5, 0.6) is 0 Å². The van der Waals surface area contributed by atoms with Gasteiger partial charge in [0.05, 0.1) is 18.5 Å². The standard InChI is InChI=1S/C31H41N5O3/c1-32-28(38)27-14-8-13-25(33-27)19-26(37)21-35-22-30(36(29(35)39)20-23-9-7-10-23)15-17-31(18-16-30,34(2)3)24-11-5-4-6-12-24/h4-6,8,11-14,23H,7,9-10,15-22H2,1-3H3,(H,32,38). The number of urea groups is 1. The Morgan fingerprint density at radius 3 is 2.36 bits per heavy atom. The van der Waals surface area contributed by atoms with Crippen molar-refractivity contribution >= 4 is 17.7 Å². The minimum absolute atomic E-state index is 0.000570. The van der Waals surface area contributed by atoms with Crippen molar-refractivity contribution in [1.82, 2.24) is 25.0 Å². The first-order valence-electron chi connectivity index (χ1n) is 14.3. The molecule has 8 heteroatoms. The Labute approximate surface area is 231 Å². The van der Waals surface area contributed by atoms with Gasteiger partial charge in [0, 0.05) is 31.4 Å². The third kappa shape index (κ3) is 5.31. The lowest BCUT2D eigenvalue weighted by atomic mass is 9.68. The van der Waals surface area contributed by atoms with Gasteiger partial charge in [0.2, 0.25) is 0 Å². The first-order valence-corrected chi connectivity index (χ1v) is 14.3. The van der Waals surface area contributed by atoms with Gasteiger partial charge in [0.1, 0.15) is 5.69 Å². The summed E-state index contributed by atoms with van der Waals surface area (Å²) in [6.07, 6.45) is 7.46. The van der Waals surface area contributed by atoms with Gasteiger partial charge < -0.3 is 15.1 Å². The van der Waals surface area contributed by atoms with E-state index in [4.69, 9.17) is 0 Å². The van der Waals surface area contributed by atoms with E-state index in [2.05, 4.69) is 64.5 Å². The molecular formula is C31H41N5O3. The number of pyridine rings is 1. The summed E-state index contributed by atoms with van der Waals surface area (Å²) < 4.78 is 0. The fourth-order valence-electron chi connectivity index (χ4n) is 6.81. The van der Waals surface area contributed by atoms with Gasteiger partial charge in [-0.3, -0.25) is 14.5 Å². The van der Waals surface area contributed by atoms with Crippen molar-refractivity contribution in [3.63, 3.8) is 0 Å². The fourth-order valence-corrected chi connectivity index (χ4v) is 6.81.